The number of rotatable bonds is 7. The van der Waals surface area contributed by atoms with Crippen molar-refractivity contribution in [2.45, 2.75) is 25.5 Å². The Kier molecular flexibility index (Phi) is 5.38. The van der Waals surface area contributed by atoms with Crippen molar-refractivity contribution in [1.29, 1.82) is 0 Å². The van der Waals surface area contributed by atoms with Crippen LogP contribution < -0.4 is 0 Å². The summed E-state index contributed by atoms with van der Waals surface area (Å²) < 4.78 is 7.04. The molecule has 0 bridgehead atoms. The second-order valence-electron chi connectivity index (χ2n) is 4.48. The van der Waals surface area contributed by atoms with Gasteiger partial charge in [0.05, 0.1) is 23.8 Å². The van der Waals surface area contributed by atoms with Crippen molar-refractivity contribution in [1.82, 2.24) is 14.8 Å². The topological polar surface area (TPSA) is 77.2 Å². The lowest BCUT2D eigenvalue weighted by molar-refractivity contribution is -0.133. The van der Waals surface area contributed by atoms with Crippen LogP contribution in [0.5, 0.6) is 0 Å². The molecule has 0 unspecified atom stereocenters. The predicted octanol–water partition coefficient (Wildman–Crippen LogP) is 2.45. The highest BCUT2D eigenvalue weighted by molar-refractivity contribution is 7.99. The minimum atomic E-state index is -0.870. The van der Waals surface area contributed by atoms with Crippen LogP contribution in [0.15, 0.2) is 11.2 Å². The minimum absolute atomic E-state index is 0.0341. The Balaban J connectivity index is 2.33. The number of thioether (sulfide) groups is 1. The first kappa shape index (κ1) is 16.0. The Hall–Kier alpha value is -1.38. The third-order valence-electron chi connectivity index (χ3n) is 2.95. The maximum absolute atomic E-state index is 10.7. The van der Waals surface area contributed by atoms with Crippen LogP contribution >= 0.6 is 23.1 Å². The second kappa shape index (κ2) is 7.06. The van der Waals surface area contributed by atoms with Crippen molar-refractivity contribution in [3.63, 3.8) is 0 Å². The van der Waals surface area contributed by atoms with E-state index < -0.39 is 5.97 Å². The number of aromatic nitrogens is 3. The molecule has 0 fully saturated rings. The predicted molar refractivity (Wildman–Crippen MR) is 83.0 cm³/mol. The van der Waals surface area contributed by atoms with Gasteiger partial charge in [-0.05, 0) is 25.5 Å². The maximum Gasteiger partial charge on any atom is 0.313 e. The summed E-state index contributed by atoms with van der Waals surface area (Å²) in [6.07, 6.45) is 0. The van der Waals surface area contributed by atoms with Crippen LogP contribution in [0.2, 0.25) is 0 Å². The average Bonchev–Trinajstić information content (AvgIpc) is 2.98. The smallest absolute Gasteiger partial charge is 0.313 e. The van der Waals surface area contributed by atoms with Crippen LogP contribution in [0, 0.1) is 13.8 Å². The molecule has 0 radical (unpaired) electrons. The van der Waals surface area contributed by atoms with E-state index in [9.17, 15) is 4.79 Å². The third-order valence-corrected chi connectivity index (χ3v) is 5.05. The number of aryl methyl sites for hydroxylation is 2. The van der Waals surface area contributed by atoms with E-state index in [0.717, 1.165) is 10.7 Å². The lowest BCUT2D eigenvalue weighted by Crippen LogP contribution is -2.08. The van der Waals surface area contributed by atoms with Crippen LogP contribution in [0.25, 0.3) is 10.7 Å². The number of aliphatic carboxylic acids is 1. The number of nitrogens with zero attached hydrogens (tertiary/aromatic N) is 3. The lowest BCUT2D eigenvalue weighted by atomic mass is 10.3. The van der Waals surface area contributed by atoms with E-state index in [4.69, 9.17) is 9.84 Å². The minimum Gasteiger partial charge on any atom is -0.481 e. The van der Waals surface area contributed by atoms with Gasteiger partial charge in [-0.2, -0.15) is 0 Å². The summed E-state index contributed by atoms with van der Waals surface area (Å²) in [6, 6.07) is 2.08. The first-order valence-electron chi connectivity index (χ1n) is 6.37. The fourth-order valence-corrected chi connectivity index (χ4v) is 3.48. The van der Waals surface area contributed by atoms with Crippen molar-refractivity contribution in [2.75, 3.05) is 19.5 Å². The largest absolute Gasteiger partial charge is 0.481 e. The molecule has 1 N–H and O–H groups in total. The van der Waals surface area contributed by atoms with Gasteiger partial charge in [-0.25, -0.2) is 0 Å². The van der Waals surface area contributed by atoms with E-state index in [1.54, 1.807) is 18.4 Å². The highest BCUT2D eigenvalue weighted by Crippen LogP contribution is 2.31. The van der Waals surface area contributed by atoms with Crippen LogP contribution in [-0.4, -0.2) is 45.3 Å². The fourth-order valence-electron chi connectivity index (χ4n) is 1.77. The van der Waals surface area contributed by atoms with Gasteiger partial charge in [-0.15, -0.1) is 21.5 Å². The molecule has 0 aliphatic heterocycles. The van der Waals surface area contributed by atoms with Gasteiger partial charge in [-0.3, -0.25) is 9.36 Å². The van der Waals surface area contributed by atoms with E-state index in [0.29, 0.717) is 18.3 Å². The van der Waals surface area contributed by atoms with E-state index in [2.05, 4.69) is 30.1 Å². The van der Waals surface area contributed by atoms with Crippen molar-refractivity contribution < 1.29 is 14.6 Å². The zero-order chi connectivity index (χ0) is 15.4. The molecule has 0 aliphatic carbocycles. The van der Waals surface area contributed by atoms with E-state index >= 15 is 0 Å². The molecule has 0 saturated carbocycles. The Morgan fingerprint density at radius 2 is 2.24 bits per heavy atom. The number of ether oxygens (including phenoxy) is 1. The second-order valence-corrected chi connectivity index (χ2v) is 6.68. The summed E-state index contributed by atoms with van der Waals surface area (Å²) in [6.45, 7) is 5.25. The Labute approximate surface area is 131 Å². The van der Waals surface area contributed by atoms with Gasteiger partial charge >= 0.3 is 5.97 Å². The van der Waals surface area contributed by atoms with Gasteiger partial charge < -0.3 is 9.84 Å². The average molecular weight is 327 g/mol. The molecule has 2 heterocycles. The molecule has 114 valence electrons. The monoisotopic (exact) mass is 327 g/mol. The summed E-state index contributed by atoms with van der Waals surface area (Å²) in [5.41, 5.74) is 1.22. The molecular weight excluding hydrogens is 310 g/mol. The van der Waals surface area contributed by atoms with E-state index in [1.807, 2.05) is 4.57 Å². The zero-order valence-electron chi connectivity index (χ0n) is 12.1. The van der Waals surface area contributed by atoms with Gasteiger partial charge in [-0.1, -0.05) is 11.8 Å². The van der Waals surface area contributed by atoms with Gasteiger partial charge in [0, 0.05) is 12.0 Å². The Bertz CT molecular complexity index is 617. The molecule has 21 heavy (non-hydrogen) atoms. The van der Waals surface area contributed by atoms with Gasteiger partial charge in [0.1, 0.15) is 0 Å². The molecule has 0 atom stereocenters. The van der Waals surface area contributed by atoms with Crippen molar-refractivity contribution in [2.24, 2.45) is 0 Å². The zero-order valence-corrected chi connectivity index (χ0v) is 13.8. The molecule has 0 spiro atoms. The summed E-state index contributed by atoms with van der Waals surface area (Å²) >= 11 is 2.83. The van der Waals surface area contributed by atoms with Crippen molar-refractivity contribution in [3.8, 4) is 10.7 Å². The Morgan fingerprint density at radius 3 is 2.81 bits per heavy atom. The maximum atomic E-state index is 10.7. The van der Waals surface area contributed by atoms with Gasteiger partial charge in [0.25, 0.3) is 0 Å². The van der Waals surface area contributed by atoms with E-state index in [-0.39, 0.29) is 5.75 Å². The van der Waals surface area contributed by atoms with Crippen molar-refractivity contribution >= 4 is 29.1 Å². The molecule has 2 rings (SSSR count). The molecule has 2 aromatic rings. The standard InChI is InChI=1S/C13H17N3O3S2/c1-8-6-10(21-9(8)2)12-14-15-13(20-7-11(17)18)16(12)4-5-19-3/h6H,4-5,7H2,1-3H3,(H,17,18). The molecule has 0 aromatic carbocycles. The molecule has 6 nitrogen and oxygen atoms in total. The third kappa shape index (κ3) is 3.84. The fraction of sp³-hybridized carbons (Fsp3) is 0.462. The summed E-state index contributed by atoms with van der Waals surface area (Å²) in [4.78, 5) is 13.0. The normalized spacial score (nSPS) is 11.0. The number of thiophene rings is 1. The number of carboxylic acids is 1. The SMILES string of the molecule is COCCn1c(SCC(=O)O)nnc1-c1cc(C)c(C)s1. The molecule has 2 aromatic heterocycles. The van der Waals surface area contributed by atoms with Crippen LogP contribution in [0.4, 0.5) is 0 Å². The highest BCUT2D eigenvalue weighted by Gasteiger charge is 2.17. The molecule has 0 amide bonds. The lowest BCUT2D eigenvalue weighted by Gasteiger charge is -2.07. The van der Waals surface area contributed by atoms with Gasteiger partial charge in [0.2, 0.25) is 0 Å². The molecule has 0 aliphatic rings. The quantitative estimate of drug-likeness (QED) is 0.787. The molecular formula is C13H17N3O3S2. The molecule has 8 heteroatoms. The first-order valence-corrected chi connectivity index (χ1v) is 8.17. The number of hydrogen-bond donors (Lipinski definition) is 1. The number of carboxylic acid groups (broad SMARTS) is 1. The molecule has 0 saturated heterocycles. The Morgan fingerprint density at radius 1 is 1.48 bits per heavy atom. The van der Waals surface area contributed by atoms with E-state index in [1.165, 1.54) is 22.2 Å². The summed E-state index contributed by atoms with van der Waals surface area (Å²) in [5.74, 6) is -0.139. The number of hydrogen-bond acceptors (Lipinski definition) is 6. The van der Waals surface area contributed by atoms with Crippen LogP contribution in [-0.2, 0) is 16.1 Å². The highest BCUT2D eigenvalue weighted by atomic mass is 32.2. The number of carbonyl (C=O) groups is 1. The van der Waals surface area contributed by atoms with Gasteiger partial charge in [0.15, 0.2) is 11.0 Å². The van der Waals surface area contributed by atoms with Crippen molar-refractivity contribution in [3.05, 3.63) is 16.5 Å². The first-order chi connectivity index (χ1) is 10.0. The van der Waals surface area contributed by atoms with Crippen LogP contribution in [0.1, 0.15) is 10.4 Å². The number of methoxy groups -OCH3 is 1. The summed E-state index contributed by atoms with van der Waals surface area (Å²) in [5, 5.41) is 17.8. The van der Waals surface area contributed by atoms with Crippen LogP contribution in [0.3, 0.4) is 0 Å². The summed E-state index contributed by atoms with van der Waals surface area (Å²) in [7, 11) is 1.63.